The van der Waals surface area contributed by atoms with Gasteiger partial charge in [0.2, 0.25) is 0 Å². The Morgan fingerprint density at radius 3 is 2.50 bits per heavy atom. The highest BCUT2D eigenvalue weighted by atomic mass is 16.4. The highest BCUT2D eigenvalue weighted by molar-refractivity contribution is 6.03. The summed E-state index contributed by atoms with van der Waals surface area (Å²) in [5.41, 5.74) is 0.730. The predicted molar refractivity (Wildman–Crippen MR) is 65.0 cm³/mol. The Bertz CT molecular complexity index is 649. The number of fused-ring (bicyclic) bond motifs is 1. The SMILES string of the molecule is CCc1cccc2cc(C(=O)O)c(C(=O)O)nc12. The van der Waals surface area contributed by atoms with Crippen molar-refractivity contribution in [1.82, 2.24) is 4.98 Å². The number of aromatic nitrogens is 1. The van der Waals surface area contributed by atoms with E-state index >= 15 is 0 Å². The Morgan fingerprint density at radius 1 is 1.22 bits per heavy atom. The van der Waals surface area contributed by atoms with Crippen LogP contribution in [0, 0.1) is 0 Å². The van der Waals surface area contributed by atoms with Gasteiger partial charge in [0.05, 0.1) is 11.1 Å². The highest BCUT2D eigenvalue weighted by Crippen LogP contribution is 2.21. The summed E-state index contributed by atoms with van der Waals surface area (Å²) in [5, 5.41) is 18.6. The fourth-order valence-electron chi connectivity index (χ4n) is 1.87. The Labute approximate surface area is 103 Å². The van der Waals surface area contributed by atoms with E-state index in [4.69, 9.17) is 10.2 Å². The van der Waals surface area contributed by atoms with Crippen LogP contribution >= 0.6 is 0 Å². The number of carboxylic acid groups (broad SMARTS) is 2. The molecule has 0 atom stereocenters. The molecule has 2 aromatic rings. The Kier molecular flexibility index (Phi) is 2.97. The molecule has 0 radical (unpaired) electrons. The number of pyridine rings is 1. The largest absolute Gasteiger partial charge is 0.478 e. The molecule has 0 aliphatic carbocycles. The molecule has 0 unspecified atom stereocenters. The van der Waals surface area contributed by atoms with Crippen molar-refractivity contribution < 1.29 is 19.8 Å². The molecule has 0 aliphatic heterocycles. The minimum Gasteiger partial charge on any atom is -0.478 e. The third-order valence-corrected chi connectivity index (χ3v) is 2.74. The number of carbonyl (C=O) groups is 2. The summed E-state index contributed by atoms with van der Waals surface area (Å²) < 4.78 is 0. The van der Waals surface area contributed by atoms with Gasteiger partial charge in [-0.3, -0.25) is 0 Å². The van der Waals surface area contributed by atoms with E-state index in [0.717, 1.165) is 5.56 Å². The smallest absolute Gasteiger partial charge is 0.355 e. The van der Waals surface area contributed by atoms with Crippen LogP contribution in [0.15, 0.2) is 24.3 Å². The van der Waals surface area contributed by atoms with E-state index in [-0.39, 0.29) is 5.56 Å². The van der Waals surface area contributed by atoms with Gasteiger partial charge in [0.25, 0.3) is 0 Å². The Morgan fingerprint density at radius 2 is 1.94 bits per heavy atom. The molecule has 0 amide bonds. The van der Waals surface area contributed by atoms with Gasteiger partial charge in [-0.25, -0.2) is 14.6 Å². The lowest BCUT2D eigenvalue weighted by molar-refractivity contribution is 0.0647. The Hall–Kier alpha value is -2.43. The van der Waals surface area contributed by atoms with Gasteiger partial charge >= 0.3 is 11.9 Å². The Balaban J connectivity index is 2.84. The van der Waals surface area contributed by atoms with Crippen LogP contribution in [0.4, 0.5) is 0 Å². The molecule has 0 saturated carbocycles. The maximum Gasteiger partial charge on any atom is 0.355 e. The molecule has 1 aromatic heterocycles. The number of benzene rings is 1. The number of aromatic carboxylic acids is 2. The molecule has 2 rings (SSSR count). The number of carboxylic acids is 2. The van der Waals surface area contributed by atoms with Crippen LogP contribution in [0.2, 0.25) is 0 Å². The fourth-order valence-corrected chi connectivity index (χ4v) is 1.87. The quantitative estimate of drug-likeness (QED) is 0.865. The maximum absolute atomic E-state index is 11.0. The van der Waals surface area contributed by atoms with Crippen molar-refractivity contribution >= 4 is 22.8 Å². The van der Waals surface area contributed by atoms with Crippen molar-refractivity contribution in [1.29, 1.82) is 0 Å². The van der Waals surface area contributed by atoms with Crippen LogP contribution in [0.5, 0.6) is 0 Å². The number of rotatable bonds is 3. The summed E-state index contributed by atoms with van der Waals surface area (Å²) in [7, 11) is 0. The lowest BCUT2D eigenvalue weighted by atomic mass is 10.0. The van der Waals surface area contributed by atoms with Gasteiger partial charge in [-0.1, -0.05) is 25.1 Å². The van der Waals surface area contributed by atoms with Gasteiger partial charge in [-0.15, -0.1) is 0 Å². The first-order valence-electron chi connectivity index (χ1n) is 5.43. The van der Waals surface area contributed by atoms with Crippen LogP contribution < -0.4 is 0 Å². The number of aryl methyl sites for hydroxylation is 1. The lowest BCUT2D eigenvalue weighted by Gasteiger charge is -2.07. The second kappa shape index (κ2) is 4.44. The number of hydrogen-bond donors (Lipinski definition) is 2. The summed E-state index contributed by atoms with van der Waals surface area (Å²) in [5.74, 6) is -2.62. The van der Waals surface area contributed by atoms with Gasteiger partial charge in [0.1, 0.15) is 0 Å². The summed E-state index contributed by atoms with van der Waals surface area (Å²) in [6.07, 6.45) is 0.704. The molecular weight excluding hydrogens is 234 g/mol. The first-order valence-corrected chi connectivity index (χ1v) is 5.43. The number of hydrogen-bond acceptors (Lipinski definition) is 3. The van der Waals surface area contributed by atoms with E-state index in [1.54, 1.807) is 12.1 Å². The van der Waals surface area contributed by atoms with E-state index in [1.807, 2.05) is 13.0 Å². The van der Waals surface area contributed by atoms with Crippen LogP contribution in [-0.2, 0) is 6.42 Å². The summed E-state index contributed by atoms with van der Waals surface area (Å²) in [4.78, 5) is 26.1. The minimum absolute atomic E-state index is 0.289. The van der Waals surface area contributed by atoms with Gasteiger partial charge in [0.15, 0.2) is 5.69 Å². The second-order valence-electron chi connectivity index (χ2n) is 3.84. The average molecular weight is 245 g/mol. The molecule has 0 aliphatic rings. The molecule has 18 heavy (non-hydrogen) atoms. The molecule has 5 heteroatoms. The molecule has 0 bridgehead atoms. The van der Waals surface area contributed by atoms with Gasteiger partial charge < -0.3 is 10.2 Å². The van der Waals surface area contributed by atoms with E-state index in [1.165, 1.54) is 6.07 Å². The summed E-state index contributed by atoms with van der Waals surface area (Å²) >= 11 is 0. The molecule has 2 N–H and O–H groups in total. The topological polar surface area (TPSA) is 87.5 Å². The standard InChI is InChI=1S/C13H11NO4/c1-2-7-4-3-5-8-6-9(12(15)16)11(13(17)18)14-10(7)8/h3-6H,2H2,1H3,(H,15,16)(H,17,18). The second-order valence-corrected chi connectivity index (χ2v) is 3.84. The molecule has 1 aromatic carbocycles. The number of para-hydroxylation sites is 1. The van der Waals surface area contributed by atoms with Crippen molar-refractivity contribution in [3.05, 3.63) is 41.1 Å². The summed E-state index contributed by atoms with van der Waals surface area (Å²) in [6, 6.07) is 6.73. The predicted octanol–water partition coefficient (Wildman–Crippen LogP) is 2.19. The van der Waals surface area contributed by atoms with Crippen molar-refractivity contribution in [2.75, 3.05) is 0 Å². The van der Waals surface area contributed by atoms with Gasteiger partial charge in [-0.2, -0.15) is 0 Å². The van der Waals surface area contributed by atoms with E-state index in [9.17, 15) is 9.59 Å². The van der Waals surface area contributed by atoms with Crippen LogP contribution in [-0.4, -0.2) is 27.1 Å². The zero-order valence-electron chi connectivity index (χ0n) is 9.67. The first-order chi connectivity index (χ1) is 8.54. The van der Waals surface area contributed by atoms with Gasteiger partial charge in [0, 0.05) is 5.39 Å². The minimum atomic E-state index is -1.33. The normalized spacial score (nSPS) is 10.5. The monoisotopic (exact) mass is 245 g/mol. The van der Waals surface area contributed by atoms with Crippen molar-refractivity contribution in [2.24, 2.45) is 0 Å². The van der Waals surface area contributed by atoms with E-state index in [2.05, 4.69) is 4.98 Å². The van der Waals surface area contributed by atoms with E-state index in [0.29, 0.717) is 17.3 Å². The zero-order valence-corrected chi connectivity index (χ0v) is 9.67. The molecule has 1 heterocycles. The lowest BCUT2D eigenvalue weighted by Crippen LogP contribution is -2.11. The molecular formula is C13H11NO4. The first kappa shape index (κ1) is 12.0. The fraction of sp³-hybridized carbons (Fsp3) is 0.154. The highest BCUT2D eigenvalue weighted by Gasteiger charge is 2.19. The van der Waals surface area contributed by atoms with Crippen molar-refractivity contribution in [3.63, 3.8) is 0 Å². The maximum atomic E-state index is 11.0. The van der Waals surface area contributed by atoms with Crippen LogP contribution in [0.25, 0.3) is 10.9 Å². The number of nitrogens with zero attached hydrogens (tertiary/aromatic N) is 1. The van der Waals surface area contributed by atoms with Crippen LogP contribution in [0.1, 0.15) is 33.3 Å². The zero-order chi connectivity index (χ0) is 13.3. The van der Waals surface area contributed by atoms with Crippen molar-refractivity contribution in [3.8, 4) is 0 Å². The van der Waals surface area contributed by atoms with Crippen molar-refractivity contribution in [2.45, 2.75) is 13.3 Å². The van der Waals surface area contributed by atoms with E-state index < -0.39 is 17.6 Å². The third kappa shape index (κ3) is 1.90. The molecule has 0 fully saturated rings. The summed E-state index contributed by atoms with van der Waals surface area (Å²) in [6.45, 7) is 1.93. The van der Waals surface area contributed by atoms with Gasteiger partial charge in [-0.05, 0) is 18.1 Å². The third-order valence-electron chi connectivity index (χ3n) is 2.74. The average Bonchev–Trinajstić information content (AvgIpc) is 2.36. The molecule has 0 spiro atoms. The molecule has 5 nitrogen and oxygen atoms in total. The molecule has 92 valence electrons. The van der Waals surface area contributed by atoms with Crippen LogP contribution in [0.3, 0.4) is 0 Å². The molecule has 0 saturated heterocycles.